The molecule has 1 saturated heterocycles. The van der Waals surface area contributed by atoms with Crippen molar-refractivity contribution in [3.05, 3.63) is 29.3 Å². The van der Waals surface area contributed by atoms with Crippen LogP contribution in [0.3, 0.4) is 0 Å². The smallest absolute Gasteiger partial charge is 0.329 e. The van der Waals surface area contributed by atoms with Gasteiger partial charge in [-0.05, 0) is 88.7 Å². The van der Waals surface area contributed by atoms with Gasteiger partial charge in [-0.2, -0.15) is 0 Å². The molecule has 5 aliphatic rings. The van der Waals surface area contributed by atoms with E-state index in [4.69, 9.17) is 4.74 Å². The highest BCUT2D eigenvalue weighted by atomic mass is 16.5. The van der Waals surface area contributed by atoms with Gasteiger partial charge in [0.25, 0.3) is 5.91 Å². The summed E-state index contributed by atoms with van der Waals surface area (Å²) in [6, 6.07) is 4.87. The summed E-state index contributed by atoms with van der Waals surface area (Å²) in [6.07, 6.45) is 4.79. The van der Waals surface area contributed by atoms with Crippen LogP contribution in [0.15, 0.2) is 18.2 Å². The highest BCUT2D eigenvalue weighted by Gasteiger charge is 2.57. The number of hydrogen-bond acceptors (Lipinski definition) is 5. The van der Waals surface area contributed by atoms with Gasteiger partial charge in [0.15, 0.2) is 6.10 Å². The number of aryl methyl sites for hydroxylation is 2. The van der Waals surface area contributed by atoms with Crippen molar-refractivity contribution in [2.75, 3.05) is 11.9 Å². The van der Waals surface area contributed by atoms with E-state index in [-0.39, 0.29) is 24.3 Å². The van der Waals surface area contributed by atoms with Gasteiger partial charge in [-0.15, -0.1) is 0 Å². The molecule has 3 atom stereocenters. The van der Waals surface area contributed by atoms with Crippen molar-refractivity contribution < 1.29 is 24.2 Å². The summed E-state index contributed by atoms with van der Waals surface area (Å²) in [5, 5.41) is 13.2. The first kappa shape index (κ1) is 23.3. The molecule has 0 radical (unpaired) electrons. The molecule has 7 nitrogen and oxygen atoms in total. The topological polar surface area (TPSA) is 95.9 Å². The lowest BCUT2D eigenvalue weighted by Gasteiger charge is -2.56. The summed E-state index contributed by atoms with van der Waals surface area (Å²) in [5.41, 5.74) is 2.31. The van der Waals surface area contributed by atoms with Crippen molar-refractivity contribution in [1.29, 1.82) is 0 Å². The molecule has 0 aromatic heterocycles. The molecule has 1 heterocycles. The third-order valence-corrected chi connectivity index (χ3v) is 8.61. The Balaban J connectivity index is 1.25. The van der Waals surface area contributed by atoms with Crippen molar-refractivity contribution in [3.8, 4) is 0 Å². The van der Waals surface area contributed by atoms with Crippen LogP contribution in [0.1, 0.15) is 63.0 Å². The fourth-order valence-corrected chi connectivity index (χ4v) is 7.43. The molecule has 5 fully saturated rings. The molecule has 4 bridgehead atoms. The van der Waals surface area contributed by atoms with Gasteiger partial charge in [-0.1, -0.05) is 17.7 Å². The number of β-amino-alcohol motifs (C(OH)–C–C–N with tert-alkyl or cyclic N) is 1. The summed E-state index contributed by atoms with van der Waals surface area (Å²) in [7, 11) is 0. The number of hydrogen-bond donors (Lipinski definition) is 2. The van der Waals surface area contributed by atoms with Crippen LogP contribution in [0.2, 0.25) is 0 Å². The second-order valence-corrected chi connectivity index (χ2v) is 11.4. The second kappa shape index (κ2) is 8.67. The maximum Gasteiger partial charge on any atom is 0.329 e. The van der Waals surface area contributed by atoms with Crippen LogP contribution in [0, 0.1) is 37.0 Å². The maximum absolute atomic E-state index is 13.8. The first-order valence-corrected chi connectivity index (χ1v) is 12.7. The van der Waals surface area contributed by atoms with Gasteiger partial charge in [-0.3, -0.25) is 9.59 Å². The van der Waals surface area contributed by atoms with Crippen LogP contribution in [0.25, 0.3) is 0 Å². The van der Waals surface area contributed by atoms with Crippen LogP contribution in [0.4, 0.5) is 5.69 Å². The number of likely N-dealkylation sites (tertiary alicyclic amines) is 1. The molecule has 4 aliphatic carbocycles. The average Bonchev–Trinajstić information content (AvgIpc) is 3.15. The molecule has 1 aliphatic heterocycles. The SMILES string of the molecule is Cc1ccc(NC(=O)C(C)OC(=O)[C@@H]2CC(O)CN2C(=O)C23CC4CC(CC(C4)C2)C3)c(C)c1. The fourth-order valence-electron chi connectivity index (χ4n) is 7.43. The quantitative estimate of drug-likeness (QED) is 0.646. The number of anilines is 1. The number of esters is 1. The van der Waals surface area contributed by atoms with Crippen molar-refractivity contribution in [1.82, 2.24) is 4.90 Å². The Morgan fingerprint density at radius 1 is 1.06 bits per heavy atom. The van der Waals surface area contributed by atoms with Gasteiger partial charge in [0.2, 0.25) is 5.91 Å². The predicted molar refractivity (Wildman–Crippen MR) is 127 cm³/mol. The number of ether oxygens (including phenoxy) is 1. The first-order chi connectivity index (χ1) is 16.1. The van der Waals surface area contributed by atoms with E-state index >= 15 is 0 Å². The van der Waals surface area contributed by atoms with Crippen molar-refractivity contribution >= 4 is 23.5 Å². The van der Waals surface area contributed by atoms with Crippen LogP contribution >= 0.6 is 0 Å². The van der Waals surface area contributed by atoms with Crippen LogP contribution in [-0.2, 0) is 19.1 Å². The molecule has 7 heteroatoms. The second-order valence-electron chi connectivity index (χ2n) is 11.4. The molecular weight excluding hydrogens is 432 g/mol. The van der Waals surface area contributed by atoms with E-state index in [9.17, 15) is 19.5 Å². The molecule has 0 spiro atoms. The summed E-state index contributed by atoms with van der Waals surface area (Å²) in [6.45, 7) is 5.58. The molecular formula is C27H36N2O5. The summed E-state index contributed by atoms with van der Waals surface area (Å²) < 4.78 is 5.52. The lowest BCUT2D eigenvalue weighted by molar-refractivity contribution is -0.168. The normalized spacial score (nSPS) is 34.7. The highest BCUT2D eigenvalue weighted by Crippen LogP contribution is 2.60. The maximum atomic E-state index is 13.8. The third kappa shape index (κ3) is 4.23. The predicted octanol–water partition coefficient (Wildman–Crippen LogP) is 3.35. The Morgan fingerprint density at radius 3 is 2.26 bits per heavy atom. The van der Waals surface area contributed by atoms with Gasteiger partial charge in [0, 0.05) is 18.7 Å². The molecule has 4 saturated carbocycles. The average molecular weight is 469 g/mol. The van der Waals surface area contributed by atoms with Crippen molar-refractivity contribution in [2.24, 2.45) is 23.2 Å². The molecule has 6 rings (SSSR count). The monoisotopic (exact) mass is 468 g/mol. The number of amides is 2. The summed E-state index contributed by atoms with van der Waals surface area (Å²) in [4.78, 5) is 41.2. The molecule has 34 heavy (non-hydrogen) atoms. The Bertz CT molecular complexity index is 969. The number of nitrogens with zero attached hydrogens (tertiary/aromatic N) is 1. The van der Waals surface area contributed by atoms with Gasteiger partial charge < -0.3 is 20.1 Å². The number of aliphatic hydroxyl groups excluding tert-OH is 1. The van der Waals surface area contributed by atoms with E-state index in [1.54, 1.807) is 4.90 Å². The zero-order valence-corrected chi connectivity index (χ0v) is 20.4. The van der Waals surface area contributed by atoms with Crippen molar-refractivity contribution in [2.45, 2.75) is 84.0 Å². The zero-order chi connectivity index (χ0) is 24.2. The Hall–Kier alpha value is -2.41. The summed E-state index contributed by atoms with van der Waals surface area (Å²) >= 11 is 0. The van der Waals surface area contributed by atoms with Crippen LogP contribution in [0.5, 0.6) is 0 Å². The van der Waals surface area contributed by atoms with E-state index in [1.807, 2.05) is 32.0 Å². The summed E-state index contributed by atoms with van der Waals surface area (Å²) in [5.74, 6) is 0.819. The molecule has 2 unspecified atom stereocenters. The number of benzene rings is 1. The first-order valence-electron chi connectivity index (χ1n) is 12.7. The standard InChI is InChI=1S/C27H36N2O5/c1-15-4-5-22(16(2)6-15)28-24(31)17(3)34-25(32)23-10-21(30)14-29(23)26(33)27-11-18-7-19(12-27)9-20(8-18)13-27/h4-6,17-21,23,30H,7-14H2,1-3H3,(H,28,31)/t17?,18?,19?,20?,21?,23-,27?/m0/s1. The number of carbonyl (C=O) groups is 3. The lowest BCUT2D eigenvalue weighted by atomic mass is 9.49. The van der Waals surface area contributed by atoms with Gasteiger partial charge >= 0.3 is 5.97 Å². The van der Waals surface area contributed by atoms with E-state index in [1.165, 1.54) is 26.2 Å². The third-order valence-electron chi connectivity index (χ3n) is 8.61. The zero-order valence-electron chi connectivity index (χ0n) is 20.4. The Labute approximate surface area is 201 Å². The van der Waals surface area contributed by atoms with E-state index in [2.05, 4.69) is 5.32 Å². The molecule has 1 aromatic carbocycles. The van der Waals surface area contributed by atoms with Gasteiger partial charge in [-0.25, -0.2) is 4.79 Å². The van der Waals surface area contributed by atoms with E-state index < -0.39 is 30.1 Å². The van der Waals surface area contributed by atoms with Crippen LogP contribution in [-0.4, -0.2) is 52.6 Å². The fraction of sp³-hybridized carbons (Fsp3) is 0.667. The molecule has 2 N–H and O–H groups in total. The number of carbonyl (C=O) groups excluding carboxylic acids is 3. The van der Waals surface area contributed by atoms with Gasteiger partial charge in [0.05, 0.1) is 11.5 Å². The molecule has 184 valence electrons. The Kier molecular flexibility index (Phi) is 5.95. The van der Waals surface area contributed by atoms with Crippen molar-refractivity contribution in [3.63, 3.8) is 0 Å². The minimum absolute atomic E-state index is 0.0116. The highest BCUT2D eigenvalue weighted by molar-refractivity contribution is 5.96. The number of nitrogens with one attached hydrogen (secondary N) is 1. The van der Waals surface area contributed by atoms with E-state index in [0.29, 0.717) is 23.4 Å². The largest absolute Gasteiger partial charge is 0.451 e. The minimum atomic E-state index is -1.01. The molecule has 1 aromatic rings. The number of rotatable bonds is 5. The number of aliphatic hydroxyl groups is 1. The van der Waals surface area contributed by atoms with Crippen LogP contribution < -0.4 is 5.32 Å². The minimum Gasteiger partial charge on any atom is -0.451 e. The van der Waals surface area contributed by atoms with Gasteiger partial charge in [0.1, 0.15) is 6.04 Å². The molecule has 2 amide bonds. The van der Waals surface area contributed by atoms with E-state index in [0.717, 1.165) is 30.4 Å². The lowest BCUT2D eigenvalue weighted by Crippen LogP contribution is -2.56. The Morgan fingerprint density at radius 2 is 1.68 bits per heavy atom.